The fraction of sp³-hybridized carbons (Fsp3) is 0.235. The van der Waals surface area contributed by atoms with Gasteiger partial charge in [0.05, 0.1) is 11.3 Å². The Morgan fingerprint density at radius 1 is 0.795 bits per heavy atom. The largest absolute Gasteiger partial charge is 0.507 e. The third kappa shape index (κ3) is 5.49. The summed E-state index contributed by atoms with van der Waals surface area (Å²) in [5.74, 6) is -0.0460. The minimum atomic E-state index is -0.445. The van der Waals surface area contributed by atoms with Crippen LogP contribution in [0.5, 0.6) is 5.75 Å². The summed E-state index contributed by atoms with van der Waals surface area (Å²) >= 11 is 0. The maximum absolute atomic E-state index is 13.7. The zero-order chi connectivity index (χ0) is 27.9. The lowest BCUT2D eigenvalue weighted by Gasteiger charge is -2.21. The van der Waals surface area contributed by atoms with Crippen molar-refractivity contribution in [2.75, 3.05) is 0 Å². The van der Waals surface area contributed by atoms with Gasteiger partial charge >= 0.3 is 0 Å². The molecule has 1 heterocycles. The van der Waals surface area contributed by atoms with Gasteiger partial charge in [-0.1, -0.05) is 77.9 Å². The van der Waals surface area contributed by atoms with Crippen LogP contribution in [0.3, 0.4) is 0 Å². The topological polar surface area (TPSA) is 58.6 Å². The number of fused-ring (bicyclic) bond motifs is 1. The molecule has 0 saturated heterocycles. The summed E-state index contributed by atoms with van der Waals surface area (Å²) < 4.78 is 20.1. The molecule has 4 nitrogen and oxygen atoms in total. The van der Waals surface area contributed by atoms with Gasteiger partial charge in [0.2, 0.25) is 5.89 Å². The molecule has 39 heavy (non-hydrogen) atoms. The Bertz CT molecular complexity index is 1680. The van der Waals surface area contributed by atoms with Gasteiger partial charge in [0.25, 0.3) is 0 Å². The summed E-state index contributed by atoms with van der Waals surface area (Å²) in [5, 5.41) is 10.1. The Morgan fingerprint density at radius 2 is 1.49 bits per heavy atom. The molecule has 0 aliphatic carbocycles. The highest BCUT2D eigenvalue weighted by Crippen LogP contribution is 2.39. The molecule has 0 spiro atoms. The maximum atomic E-state index is 13.7. The Morgan fingerprint density at radius 3 is 2.18 bits per heavy atom. The van der Waals surface area contributed by atoms with E-state index in [0.29, 0.717) is 22.7 Å². The fourth-order valence-electron chi connectivity index (χ4n) is 4.48. The van der Waals surface area contributed by atoms with E-state index in [1.807, 2.05) is 24.3 Å². The van der Waals surface area contributed by atoms with Crippen molar-refractivity contribution in [3.05, 3.63) is 101 Å². The Kier molecular flexibility index (Phi) is 6.63. The third-order valence-corrected chi connectivity index (χ3v) is 6.89. The van der Waals surface area contributed by atoms with E-state index in [4.69, 9.17) is 9.40 Å². The second-order valence-electron chi connectivity index (χ2n) is 11.9. The van der Waals surface area contributed by atoms with E-state index in [2.05, 4.69) is 82.9 Å². The van der Waals surface area contributed by atoms with E-state index >= 15 is 0 Å². The van der Waals surface area contributed by atoms with E-state index in [1.54, 1.807) is 0 Å². The lowest BCUT2D eigenvalue weighted by molar-refractivity contribution is 0.472. The number of aromatic nitrogens is 1. The first-order valence-electron chi connectivity index (χ1n) is 13.1. The minimum Gasteiger partial charge on any atom is -0.507 e. The summed E-state index contributed by atoms with van der Waals surface area (Å²) in [6.45, 7) is 13.2. The normalized spacial score (nSPS) is 12.5. The number of halogens is 1. The first kappa shape index (κ1) is 26.4. The van der Waals surface area contributed by atoms with Crippen LogP contribution in [0, 0.1) is 5.82 Å². The average molecular weight is 521 g/mol. The van der Waals surface area contributed by atoms with E-state index in [9.17, 15) is 9.50 Å². The first-order valence-corrected chi connectivity index (χ1v) is 13.1. The van der Waals surface area contributed by atoms with Crippen molar-refractivity contribution in [2.45, 2.75) is 52.4 Å². The van der Waals surface area contributed by atoms with Gasteiger partial charge in [-0.2, -0.15) is 0 Å². The molecule has 4 aromatic carbocycles. The van der Waals surface area contributed by atoms with Gasteiger partial charge < -0.3 is 9.52 Å². The highest BCUT2D eigenvalue weighted by Gasteiger charge is 2.22. The quantitative estimate of drug-likeness (QED) is 0.240. The summed E-state index contributed by atoms with van der Waals surface area (Å²) in [7, 11) is 0. The molecular weight excluding hydrogens is 487 g/mol. The van der Waals surface area contributed by atoms with Gasteiger partial charge in [-0.05, 0) is 70.0 Å². The predicted octanol–water partition coefficient (Wildman–Crippen LogP) is 9.35. The van der Waals surface area contributed by atoms with Crippen molar-refractivity contribution in [1.29, 1.82) is 0 Å². The Labute approximate surface area is 228 Å². The van der Waals surface area contributed by atoms with Crippen molar-refractivity contribution in [3.8, 4) is 28.3 Å². The highest BCUT2D eigenvalue weighted by molar-refractivity contribution is 5.94. The van der Waals surface area contributed by atoms with Crippen molar-refractivity contribution >= 4 is 23.0 Å². The molecule has 1 aromatic heterocycles. The lowest BCUT2D eigenvalue weighted by atomic mass is 9.84. The standard InChI is InChI=1S/C34H33FN2O2/c1-33(2,3)23-13-11-21(12-14-23)27-18-24(34(4,5)6)19-30-31(27)37-32(39-30)26-9-7-8-10-28(26)36-20-22-17-25(35)15-16-29(22)38/h7-20,38H,1-6H3. The van der Waals surface area contributed by atoms with Crippen LogP contribution >= 0.6 is 0 Å². The molecule has 1 N–H and O–H groups in total. The SMILES string of the molecule is CC(C)(C)c1ccc(-c2cc(C(C)(C)C)cc3oc(-c4ccccc4N=Cc4cc(F)ccc4O)nc23)cc1. The van der Waals surface area contributed by atoms with Crippen molar-refractivity contribution in [3.63, 3.8) is 0 Å². The zero-order valence-corrected chi connectivity index (χ0v) is 23.2. The van der Waals surface area contributed by atoms with Crippen LogP contribution in [-0.4, -0.2) is 16.3 Å². The molecule has 198 valence electrons. The molecule has 0 fully saturated rings. The second kappa shape index (κ2) is 9.81. The number of para-hydroxylation sites is 1. The van der Waals surface area contributed by atoms with Crippen molar-refractivity contribution < 1.29 is 13.9 Å². The maximum Gasteiger partial charge on any atom is 0.229 e. The molecule has 0 bridgehead atoms. The van der Waals surface area contributed by atoms with Crippen molar-refractivity contribution in [2.24, 2.45) is 4.99 Å². The number of nitrogens with zero attached hydrogens (tertiary/aromatic N) is 2. The number of benzene rings is 4. The number of phenols is 1. The summed E-state index contributed by atoms with van der Waals surface area (Å²) in [4.78, 5) is 9.49. The van der Waals surface area contributed by atoms with E-state index in [0.717, 1.165) is 22.2 Å². The summed E-state index contributed by atoms with van der Waals surface area (Å²) in [6.07, 6.45) is 1.44. The number of hydrogen-bond acceptors (Lipinski definition) is 4. The van der Waals surface area contributed by atoms with Crippen LogP contribution in [-0.2, 0) is 10.8 Å². The number of oxazole rings is 1. The fourth-order valence-corrected chi connectivity index (χ4v) is 4.48. The molecular formula is C34H33FN2O2. The van der Waals surface area contributed by atoms with Gasteiger partial charge in [-0.3, -0.25) is 4.99 Å². The summed E-state index contributed by atoms with van der Waals surface area (Å²) in [5.41, 5.74) is 7.56. The molecule has 0 saturated carbocycles. The lowest BCUT2D eigenvalue weighted by Crippen LogP contribution is -2.11. The van der Waals surface area contributed by atoms with Gasteiger partial charge in [-0.25, -0.2) is 9.37 Å². The number of rotatable bonds is 4. The Balaban J connectivity index is 1.64. The number of phenolic OH excluding ortho intramolecular Hbond substituents is 1. The smallest absolute Gasteiger partial charge is 0.229 e. The molecule has 0 aliphatic heterocycles. The van der Waals surface area contributed by atoms with Crippen LogP contribution < -0.4 is 0 Å². The molecule has 0 unspecified atom stereocenters. The van der Waals surface area contributed by atoms with Crippen LogP contribution in [0.15, 0.2) is 88.3 Å². The van der Waals surface area contributed by atoms with Crippen LogP contribution in [0.4, 0.5) is 10.1 Å². The Hall–Kier alpha value is -4.25. The third-order valence-electron chi connectivity index (χ3n) is 6.89. The molecule has 5 heteroatoms. The highest BCUT2D eigenvalue weighted by atomic mass is 19.1. The van der Waals surface area contributed by atoms with Crippen LogP contribution in [0.1, 0.15) is 58.2 Å². The van der Waals surface area contributed by atoms with Gasteiger partial charge in [0.15, 0.2) is 5.58 Å². The van der Waals surface area contributed by atoms with Gasteiger partial charge in [0, 0.05) is 17.3 Å². The van der Waals surface area contributed by atoms with Gasteiger partial charge in [0.1, 0.15) is 17.1 Å². The van der Waals surface area contributed by atoms with E-state index in [-0.39, 0.29) is 22.1 Å². The molecule has 0 aliphatic rings. The van der Waals surface area contributed by atoms with E-state index < -0.39 is 5.82 Å². The number of aliphatic imine (C=N–C) groups is 1. The number of hydrogen-bond donors (Lipinski definition) is 1. The predicted molar refractivity (Wildman–Crippen MR) is 158 cm³/mol. The van der Waals surface area contributed by atoms with Gasteiger partial charge in [-0.15, -0.1) is 0 Å². The number of aromatic hydroxyl groups is 1. The second-order valence-corrected chi connectivity index (χ2v) is 11.9. The average Bonchev–Trinajstić information content (AvgIpc) is 3.32. The molecule has 5 aromatic rings. The van der Waals surface area contributed by atoms with Crippen molar-refractivity contribution in [1.82, 2.24) is 4.98 Å². The molecule has 0 atom stereocenters. The molecule has 0 amide bonds. The van der Waals surface area contributed by atoms with Crippen LogP contribution in [0.25, 0.3) is 33.7 Å². The summed E-state index contributed by atoms with van der Waals surface area (Å²) in [6, 6.07) is 24.2. The zero-order valence-electron chi connectivity index (χ0n) is 23.2. The van der Waals surface area contributed by atoms with Crippen LogP contribution in [0.2, 0.25) is 0 Å². The first-order chi connectivity index (χ1) is 18.4. The molecule has 5 rings (SSSR count). The monoisotopic (exact) mass is 520 g/mol. The minimum absolute atomic E-state index is 0.0451. The van der Waals surface area contributed by atoms with E-state index in [1.165, 1.54) is 30.0 Å². The molecule has 0 radical (unpaired) electrons.